The zero-order valence-electron chi connectivity index (χ0n) is 18.1. The molecule has 0 radical (unpaired) electrons. The summed E-state index contributed by atoms with van der Waals surface area (Å²) in [6, 6.07) is 12.1. The molecule has 1 unspecified atom stereocenters. The van der Waals surface area contributed by atoms with Gasteiger partial charge in [0, 0.05) is 5.30 Å². The molecule has 2 rings (SSSR count). The molecule has 0 spiro atoms. The first-order chi connectivity index (χ1) is 13.0. The van der Waals surface area contributed by atoms with E-state index in [1.807, 2.05) is 44.2 Å². The quantitative estimate of drug-likeness (QED) is 0.586. The highest BCUT2D eigenvalue weighted by Crippen LogP contribution is 2.51. The van der Waals surface area contributed by atoms with Crippen molar-refractivity contribution in [3.63, 3.8) is 0 Å². The molecule has 0 amide bonds. The third kappa shape index (κ3) is 5.05. The van der Waals surface area contributed by atoms with Crippen LogP contribution in [0.4, 0.5) is 0 Å². The summed E-state index contributed by atoms with van der Waals surface area (Å²) in [4.78, 5) is 0. The molecule has 0 bridgehead atoms. The maximum Gasteiger partial charge on any atom is 0.130 e. The van der Waals surface area contributed by atoms with Crippen LogP contribution in [0.3, 0.4) is 0 Å². The van der Waals surface area contributed by atoms with Gasteiger partial charge in [-0.3, -0.25) is 0 Å². The molecule has 0 saturated carbocycles. The number of hydrogen-bond acceptors (Lipinski definition) is 3. The summed E-state index contributed by atoms with van der Waals surface area (Å²) in [5, 5.41) is 3.63. The minimum absolute atomic E-state index is 0.844. The lowest BCUT2D eigenvalue weighted by Crippen LogP contribution is -2.20. The number of methoxy groups -OCH3 is 3. The number of allylic oxidation sites excluding steroid dienone is 2. The predicted octanol–water partition coefficient (Wildman–Crippen LogP) is 5.79. The highest BCUT2D eigenvalue weighted by Gasteiger charge is 2.28. The van der Waals surface area contributed by atoms with Gasteiger partial charge in [-0.15, -0.1) is 0 Å². The van der Waals surface area contributed by atoms with Gasteiger partial charge in [0.1, 0.15) is 17.2 Å². The lowest BCUT2D eigenvalue weighted by atomic mass is 10.2. The van der Waals surface area contributed by atoms with E-state index < -0.39 is 7.92 Å². The molecule has 1 atom stereocenters. The number of aryl methyl sites for hydroxylation is 1. The third-order valence-electron chi connectivity index (χ3n) is 4.33. The van der Waals surface area contributed by atoms with Crippen LogP contribution in [0.5, 0.6) is 17.2 Å². The maximum atomic E-state index is 5.72. The SMILES string of the molecule is CC.COc1cccc(C)c1P(C(C)=C(C)C)c1c(OC)cccc1OC. The van der Waals surface area contributed by atoms with Crippen LogP contribution in [-0.4, -0.2) is 21.3 Å². The Morgan fingerprint density at radius 2 is 1.11 bits per heavy atom. The van der Waals surface area contributed by atoms with Crippen molar-refractivity contribution in [2.75, 3.05) is 21.3 Å². The fourth-order valence-electron chi connectivity index (χ4n) is 2.81. The molecule has 0 saturated heterocycles. The van der Waals surface area contributed by atoms with Crippen molar-refractivity contribution in [1.29, 1.82) is 0 Å². The smallest absolute Gasteiger partial charge is 0.130 e. The zero-order chi connectivity index (χ0) is 20.6. The summed E-state index contributed by atoms with van der Waals surface area (Å²) in [5.74, 6) is 2.59. The van der Waals surface area contributed by atoms with Crippen molar-refractivity contribution in [3.8, 4) is 17.2 Å². The number of benzene rings is 2. The van der Waals surface area contributed by atoms with Crippen LogP contribution in [0, 0.1) is 6.92 Å². The normalized spacial score (nSPS) is 11.0. The Bertz CT molecular complexity index is 755. The van der Waals surface area contributed by atoms with Crippen molar-refractivity contribution in [2.45, 2.75) is 41.5 Å². The van der Waals surface area contributed by atoms with E-state index in [1.54, 1.807) is 21.3 Å². The maximum absolute atomic E-state index is 5.72. The summed E-state index contributed by atoms with van der Waals surface area (Å²) in [7, 11) is 4.29. The zero-order valence-corrected chi connectivity index (χ0v) is 19.0. The molecule has 0 heterocycles. The van der Waals surface area contributed by atoms with Crippen molar-refractivity contribution < 1.29 is 14.2 Å². The average molecular weight is 388 g/mol. The molecule has 2 aromatic carbocycles. The minimum atomic E-state index is -0.848. The van der Waals surface area contributed by atoms with Gasteiger partial charge < -0.3 is 14.2 Å². The molecule has 148 valence electrons. The van der Waals surface area contributed by atoms with Gasteiger partial charge in [-0.1, -0.05) is 37.6 Å². The second kappa shape index (κ2) is 11.0. The molecule has 0 aromatic heterocycles. The highest BCUT2D eigenvalue weighted by molar-refractivity contribution is 7.77. The van der Waals surface area contributed by atoms with Gasteiger partial charge in [0.05, 0.1) is 26.6 Å². The number of ether oxygens (including phenoxy) is 3. The summed E-state index contributed by atoms with van der Waals surface area (Å²) >= 11 is 0. The van der Waals surface area contributed by atoms with E-state index in [-0.39, 0.29) is 0 Å². The van der Waals surface area contributed by atoms with E-state index >= 15 is 0 Å². The third-order valence-corrected chi connectivity index (χ3v) is 7.36. The van der Waals surface area contributed by atoms with E-state index in [0.29, 0.717) is 0 Å². The second-order valence-corrected chi connectivity index (χ2v) is 8.29. The fourth-order valence-corrected chi connectivity index (χ4v) is 5.73. The van der Waals surface area contributed by atoms with Gasteiger partial charge >= 0.3 is 0 Å². The van der Waals surface area contributed by atoms with Crippen molar-refractivity contribution in [2.24, 2.45) is 0 Å². The molecular formula is C23H33O3P. The largest absolute Gasteiger partial charge is 0.496 e. The van der Waals surface area contributed by atoms with Crippen molar-refractivity contribution >= 4 is 18.5 Å². The summed E-state index contributed by atoms with van der Waals surface area (Å²) in [6.07, 6.45) is 0. The lowest BCUT2D eigenvalue weighted by molar-refractivity contribution is 0.401. The molecule has 0 aliphatic rings. The Morgan fingerprint density at radius 1 is 0.704 bits per heavy atom. The van der Waals surface area contributed by atoms with Gasteiger partial charge in [0.15, 0.2) is 0 Å². The lowest BCUT2D eigenvalue weighted by Gasteiger charge is -2.27. The molecule has 3 nitrogen and oxygen atoms in total. The first kappa shape index (κ1) is 23.0. The number of rotatable bonds is 6. The van der Waals surface area contributed by atoms with Crippen LogP contribution >= 0.6 is 7.92 Å². The van der Waals surface area contributed by atoms with E-state index in [0.717, 1.165) is 22.6 Å². The van der Waals surface area contributed by atoms with Crippen LogP contribution in [0.2, 0.25) is 0 Å². The average Bonchev–Trinajstić information content (AvgIpc) is 2.70. The predicted molar refractivity (Wildman–Crippen MR) is 119 cm³/mol. The molecule has 0 N–H and O–H groups in total. The number of hydrogen-bond donors (Lipinski definition) is 0. The monoisotopic (exact) mass is 388 g/mol. The summed E-state index contributed by atoms with van der Waals surface area (Å²) in [5.41, 5.74) is 2.50. The van der Waals surface area contributed by atoms with Gasteiger partial charge in [-0.05, 0) is 64.7 Å². The Morgan fingerprint density at radius 3 is 1.52 bits per heavy atom. The standard InChI is InChI=1S/C21H27O3P.C2H6/c1-14(2)16(4)25(20-15(3)10-8-11-17(20)22-5)21-18(23-6)12-9-13-19(21)24-7;1-2/h8-13H,1-7H3;1-2H3. The van der Waals surface area contributed by atoms with Crippen LogP contribution in [-0.2, 0) is 0 Å². The molecular weight excluding hydrogens is 355 g/mol. The topological polar surface area (TPSA) is 27.7 Å². The first-order valence-corrected chi connectivity index (χ1v) is 10.6. The summed E-state index contributed by atoms with van der Waals surface area (Å²) < 4.78 is 17.1. The molecule has 4 heteroatoms. The fraction of sp³-hybridized carbons (Fsp3) is 0.391. The van der Waals surface area contributed by atoms with E-state index in [2.05, 4.69) is 33.8 Å². The Kier molecular flexibility index (Phi) is 9.38. The van der Waals surface area contributed by atoms with Gasteiger partial charge in [-0.2, -0.15) is 0 Å². The van der Waals surface area contributed by atoms with Crippen LogP contribution in [0.25, 0.3) is 0 Å². The molecule has 27 heavy (non-hydrogen) atoms. The van der Waals surface area contributed by atoms with Crippen LogP contribution in [0.1, 0.15) is 40.2 Å². The molecule has 0 aliphatic carbocycles. The van der Waals surface area contributed by atoms with Crippen LogP contribution < -0.4 is 24.8 Å². The van der Waals surface area contributed by atoms with E-state index in [9.17, 15) is 0 Å². The Labute approximate surface area is 166 Å². The van der Waals surface area contributed by atoms with E-state index in [4.69, 9.17) is 14.2 Å². The van der Waals surface area contributed by atoms with Gasteiger partial charge in [0.25, 0.3) is 0 Å². The van der Waals surface area contributed by atoms with Crippen molar-refractivity contribution in [1.82, 2.24) is 0 Å². The minimum Gasteiger partial charge on any atom is -0.496 e. The van der Waals surface area contributed by atoms with E-state index in [1.165, 1.54) is 21.8 Å². The highest BCUT2D eigenvalue weighted by atomic mass is 31.1. The van der Waals surface area contributed by atoms with Gasteiger partial charge in [0.2, 0.25) is 0 Å². The Hall–Kier alpha value is -1.99. The summed E-state index contributed by atoms with van der Waals surface area (Å²) in [6.45, 7) is 12.6. The molecule has 2 aromatic rings. The van der Waals surface area contributed by atoms with Crippen molar-refractivity contribution in [3.05, 3.63) is 52.8 Å². The molecule has 0 fully saturated rings. The first-order valence-electron chi connectivity index (χ1n) is 9.25. The second-order valence-electron chi connectivity index (χ2n) is 6.06. The molecule has 0 aliphatic heterocycles. The Balaban J connectivity index is 0.00000176. The van der Waals surface area contributed by atoms with Crippen LogP contribution in [0.15, 0.2) is 47.3 Å². The van der Waals surface area contributed by atoms with Gasteiger partial charge in [-0.25, -0.2) is 0 Å².